The summed E-state index contributed by atoms with van der Waals surface area (Å²) in [6, 6.07) is 5.57. The summed E-state index contributed by atoms with van der Waals surface area (Å²) >= 11 is 1.35. The first-order chi connectivity index (χ1) is 10.7. The Morgan fingerprint density at radius 3 is 2.77 bits per heavy atom. The van der Waals surface area contributed by atoms with Gasteiger partial charge in [0, 0.05) is 43.8 Å². The van der Waals surface area contributed by atoms with Gasteiger partial charge in [-0.2, -0.15) is 9.36 Å². The summed E-state index contributed by atoms with van der Waals surface area (Å²) in [4.78, 5) is 8.94. The third kappa shape index (κ3) is 2.44. The summed E-state index contributed by atoms with van der Waals surface area (Å²) < 4.78 is 17.6. The van der Waals surface area contributed by atoms with Crippen molar-refractivity contribution >= 4 is 22.6 Å². The fraction of sp³-hybridized carbons (Fsp3) is 0.467. The van der Waals surface area contributed by atoms with Crippen molar-refractivity contribution in [3.8, 4) is 0 Å². The van der Waals surface area contributed by atoms with E-state index in [0.717, 1.165) is 44.2 Å². The third-order valence-corrected chi connectivity index (χ3v) is 5.40. The minimum Gasteiger partial charge on any atom is -0.367 e. The van der Waals surface area contributed by atoms with Gasteiger partial charge in [0.15, 0.2) is 0 Å². The number of hydrogen-bond acceptors (Lipinski definition) is 6. The molecule has 5 nitrogen and oxygen atoms in total. The van der Waals surface area contributed by atoms with E-state index in [9.17, 15) is 4.39 Å². The van der Waals surface area contributed by atoms with Gasteiger partial charge in [-0.3, -0.25) is 4.90 Å². The van der Waals surface area contributed by atoms with E-state index in [0.29, 0.717) is 12.0 Å². The molecule has 1 aliphatic carbocycles. The molecule has 1 fully saturated rings. The Morgan fingerprint density at radius 1 is 1.23 bits per heavy atom. The van der Waals surface area contributed by atoms with Crippen LogP contribution in [0.1, 0.15) is 23.6 Å². The van der Waals surface area contributed by atoms with E-state index in [1.165, 1.54) is 22.7 Å². The van der Waals surface area contributed by atoms with Crippen molar-refractivity contribution in [3.05, 3.63) is 35.1 Å². The largest absolute Gasteiger partial charge is 0.367 e. The van der Waals surface area contributed by atoms with Crippen LogP contribution in [0.15, 0.2) is 18.2 Å². The van der Waals surface area contributed by atoms with Crippen molar-refractivity contribution in [3.63, 3.8) is 0 Å². The Morgan fingerprint density at radius 2 is 2.05 bits per heavy atom. The van der Waals surface area contributed by atoms with Crippen molar-refractivity contribution in [2.75, 3.05) is 36.8 Å². The van der Waals surface area contributed by atoms with Crippen LogP contribution in [-0.2, 0) is 6.42 Å². The molecule has 1 aromatic carbocycles. The molecule has 116 valence electrons. The standard InChI is InChI=1S/C15H18FN5S/c16-11-3-1-10-2-4-13(12(10)9-11)20-5-7-21(8-6-20)15-18-14(17)19-22-15/h1,3,9,13H,2,4-8H2,(H2,17,19). The van der Waals surface area contributed by atoms with Gasteiger partial charge in [0.1, 0.15) is 5.82 Å². The number of aromatic nitrogens is 2. The van der Waals surface area contributed by atoms with Gasteiger partial charge in [-0.15, -0.1) is 0 Å². The number of piperazine rings is 1. The molecule has 2 aromatic rings. The van der Waals surface area contributed by atoms with Crippen LogP contribution in [0, 0.1) is 5.82 Å². The van der Waals surface area contributed by atoms with E-state index < -0.39 is 0 Å². The van der Waals surface area contributed by atoms with Crippen molar-refractivity contribution < 1.29 is 4.39 Å². The first kappa shape index (κ1) is 13.9. The minimum absolute atomic E-state index is 0.131. The second-order valence-electron chi connectivity index (χ2n) is 5.86. The van der Waals surface area contributed by atoms with Gasteiger partial charge in [0.05, 0.1) is 0 Å². The summed E-state index contributed by atoms with van der Waals surface area (Å²) in [5.74, 6) is 0.219. The summed E-state index contributed by atoms with van der Waals surface area (Å²) in [7, 11) is 0. The Hall–Kier alpha value is -1.73. The van der Waals surface area contributed by atoms with E-state index in [1.807, 2.05) is 6.07 Å². The number of nitrogens with zero attached hydrogens (tertiary/aromatic N) is 4. The number of anilines is 2. The monoisotopic (exact) mass is 319 g/mol. The molecule has 2 aliphatic rings. The zero-order valence-electron chi connectivity index (χ0n) is 12.2. The number of fused-ring (bicyclic) bond motifs is 1. The van der Waals surface area contributed by atoms with Crippen LogP contribution >= 0.6 is 11.5 Å². The quantitative estimate of drug-likeness (QED) is 0.918. The minimum atomic E-state index is -0.131. The summed E-state index contributed by atoms with van der Waals surface area (Å²) in [6.07, 6.45) is 2.14. The van der Waals surface area contributed by atoms with E-state index in [2.05, 4.69) is 19.2 Å². The van der Waals surface area contributed by atoms with Crippen molar-refractivity contribution in [1.82, 2.24) is 14.3 Å². The first-order valence-electron chi connectivity index (χ1n) is 7.57. The van der Waals surface area contributed by atoms with Gasteiger partial charge in [0.2, 0.25) is 11.1 Å². The maximum atomic E-state index is 13.5. The highest BCUT2D eigenvalue weighted by molar-refractivity contribution is 7.09. The maximum absolute atomic E-state index is 13.5. The Labute approximate surface area is 132 Å². The fourth-order valence-electron chi connectivity index (χ4n) is 3.51. The molecule has 1 saturated heterocycles. The predicted molar refractivity (Wildman–Crippen MR) is 85.6 cm³/mol. The van der Waals surface area contributed by atoms with Gasteiger partial charge in [0.25, 0.3) is 0 Å². The number of nitrogens with two attached hydrogens (primary N) is 1. The molecule has 1 unspecified atom stereocenters. The molecular weight excluding hydrogens is 301 g/mol. The highest BCUT2D eigenvalue weighted by atomic mass is 32.1. The van der Waals surface area contributed by atoms with E-state index in [-0.39, 0.29) is 5.82 Å². The molecule has 4 rings (SSSR count). The van der Waals surface area contributed by atoms with Gasteiger partial charge in [-0.05, 0) is 36.1 Å². The summed E-state index contributed by atoms with van der Waals surface area (Å²) in [5.41, 5.74) is 8.07. The number of halogens is 1. The fourth-order valence-corrected chi connectivity index (χ4v) is 4.16. The second-order valence-corrected chi connectivity index (χ2v) is 6.59. The molecule has 1 aliphatic heterocycles. The van der Waals surface area contributed by atoms with E-state index in [1.54, 1.807) is 12.1 Å². The lowest BCUT2D eigenvalue weighted by Crippen LogP contribution is -2.47. The normalized spacial score (nSPS) is 22.0. The zero-order chi connectivity index (χ0) is 15.1. The molecule has 22 heavy (non-hydrogen) atoms. The maximum Gasteiger partial charge on any atom is 0.233 e. The molecule has 1 aromatic heterocycles. The number of nitrogen functional groups attached to an aromatic ring is 1. The molecule has 0 saturated carbocycles. The highest BCUT2D eigenvalue weighted by Crippen LogP contribution is 2.37. The van der Waals surface area contributed by atoms with Crippen LogP contribution in [0.5, 0.6) is 0 Å². The molecule has 0 bridgehead atoms. The lowest BCUT2D eigenvalue weighted by molar-refractivity contribution is 0.185. The molecular formula is C15H18FN5S. The average Bonchev–Trinajstić information content (AvgIpc) is 3.13. The molecule has 1 atom stereocenters. The highest BCUT2D eigenvalue weighted by Gasteiger charge is 2.31. The topological polar surface area (TPSA) is 58.3 Å². The Balaban J connectivity index is 1.46. The van der Waals surface area contributed by atoms with Gasteiger partial charge in [-0.25, -0.2) is 4.39 Å². The van der Waals surface area contributed by atoms with Crippen LogP contribution in [0.4, 0.5) is 15.5 Å². The average molecular weight is 319 g/mol. The third-order valence-electron chi connectivity index (χ3n) is 4.61. The number of hydrogen-bond donors (Lipinski definition) is 1. The molecule has 7 heteroatoms. The van der Waals surface area contributed by atoms with E-state index >= 15 is 0 Å². The van der Waals surface area contributed by atoms with Gasteiger partial charge in [-0.1, -0.05) is 6.07 Å². The van der Waals surface area contributed by atoms with Crippen LogP contribution in [0.25, 0.3) is 0 Å². The van der Waals surface area contributed by atoms with Crippen molar-refractivity contribution in [2.45, 2.75) is 18.9 Å². The van der Waals surface area contributed by atoms with E-state index in [4.69, 9.17) is 5.73 Å². The van der Waals surface area contributed by atoms with Gasteiger partial charge >= 0.3 is 0 Å². The van der Waals surface area contributed by atoms with Crippen LogP contribution in [-0.4, -0.2) is 40.4 Å². The molecule has 0 radical (unpaired) electrons. The lowest BCUT2D eigenvalue weighted by Gasteiger charge is -2.38. The molecule has 0 amide bonds. The number of benzene rings is 1. The molecule has 2 N–H and O–H groups in total. The number of rotatable bonds is 2. The molecule has 0 spiro atoms. The smallest absolute Gasteiger partial charge is 0.233 e. The molecule has 2 heterocycles. The lowest BCUT2D eigenvalue weighted by atomic mass is 10.1. The second kappa shape index (κ2) is 5.48. The first-order valence-corrected chi connectivity index (χ1v) is 8.34. The summed E-state index contributed by atoms with van der Waals surface area (Å²) in [6.45, 7) is 3.74. The predicted octanol–water partition coefficient (Wildman–Crippen LogP) is 2.07. The van der Waals surface area contributed by atoms with Crippen molar-refractivity contribution in [2.24, 2.45) is 0 Å². The SMILES string of the molecule is Nc1nsc(N2CCN(C3CCc4ccc(F)cc43)CC2)n1. The van der Waals surface area contributed by atoms with Gasteiger partial charge < -0.3 is 10.6 Å². The van der Waals surface area contributed by atoms with Crippen molar-refractivity contribution in [1.29, 1.82) is 0 Å². The Bertz CT molecular complexity index is 680. The number of aryl methyl sites for hydroxylation is 1. The van der Waals surface area contributed by atoms with Crippen LogP contribution in [0.2, 0.25) is 0 Å². The zero-order valence-corrected chi connectivity index (χ0v) is 13.0. The summed E-state index contributed by atoms with van der Waals surface area (Å²) in [5, 5.41) is 0.898. The Kier molecular flexibility index (Phi) is 3.46. The van der Waals surface area contributed by atoms with Crippen LogP contribution < -0.4 is 10.6 Å². The van der Waals surface area contributed by atoms with Crippen LogP contribution in [0.3, 0.4) is 0 Å².